The first-order valence-electron chi connectivity index (χ1n) is 12.3. The molecule has 182 valence electrons. The van der Waals surface area contributed by atoms with Gasteiger partial charge in [0, 0.05) is 36.6 Å². The van der Waals surface area contributed by atoms with E-state index in [0.717, 1.165) is 35.8 Å². The van der Waals surface area contributed by atoms with Crippen molar-refractivity contribution in [2.75, 3.05) is 22.9 Å². The van der Waals surface area contributed by atoms with Crippen molar-refractivity contribution < 1.29 is 0 Å². The zero-order chi connectivity index (χ0) is 23.9. The predicted molar refractivity (Wildman–Crippen MR) is 162 cm³/mol. The molecule has 3 heterocycles. The summed E-state index contributed by atoms with van der Waals surface area (Å²) in [4.78, 5) is 14.7. The lowest BCUT2D eigenvalue weighted by atomic mass is 10.0. The number of likely N-dealkylation sites (N-methyl/N-ethyl adjacent to an activating group) is 2. The van der Waals surface area contributed by atoms with Crippen LogP contribution in [0.2, 0.25) is 0 Å². The highest BCUT2D eigenvalue weighted by molar-refractivity contribution is 14.0. The van der Waals surface area contributed by atoms with Crippen LogP contribution in [0.3, 0.4) is 0 Å². The summed E-state index contributed by atoms with van der Waals surface area (Å²) >= 11 is 0. The second-order valence-corrected chi connectivity index (χ2v) is 8.91. The first kappa shape index (κ1) is 24.3. The third kappa shape index (κ3) is 3.84. The number of fused-ring (bicyclic) bond motifs is 3. The Balaban J connectivity index is 0.00000267. The van der Waals surface area contributed by atoms with Gasteiger partial charge in [0.25, 0.3) is 0 Å². The normalized spacial score (nSPS) is 13.6. The van der Waals surface area contributed by atoms with Crippen LogP contribution in [0.15, 0.2) is 84.9 Å². The summed E-state index contributed by atoms with van der Waals surface area (Å²) in [5.74, 6) is 1.92. The SMILES string of the molecule is CCN1c2nc3ccccc3nc2N(CC)C1C=Cc1c(-c2ccccc2)n(C)c2ccccc12.I. The standard InChI is InChI=1S/C30H29N5.HI/c1-4-34-27(35(5-2)30-29(34)31-24-16-10-11-17-25(24)32-30)20-19-23-22-15-9-12-18-26(22)33(3)28(23)21-13-7-6-8-14-21;/h6-20,27H,4-5H2,1-3H3;1H. The fourth-order valence-electron chi connectivity index (χ4n) is 5.39. The van der Waals surface area contributed by atoms with Crippen LogP contribution in [0.1, 0.15) is 19.4 Å². The summed E-state index contributed by atoms with van der Waals surface area (Å²) < 4.78 is 2.30. The summed E-state index contributed by atoms with van der Waals surface area (Å²) in [5.41, 5.74) is 6.79. The Morgan fingerprint density at radius 3 is 1.92 bits per heavy atom. The van der Waals surface area contributed by atoms with E-state index in [0.29, 0.717) is 0 Å². The number of aromatic nitrogens is 3. The van der Waals surface area contributed by atoms with Crippen LogP contribution < -0.4 is 9.80 Å². The van der Waals surface area contributed by atoms with E-state index in [1.807, 2.05) is 24.3 Å². The Labute approximate surface area is 229 Å². The maximum atomic E-state index is 5.01. The van der Waals surface area contributed by atoms with Gasteiger partial charge in [-0.2, -0.15) is 0 Å². The van der Waals surface area contributed by atoms with E-state index < -0.39 is 0 Å². The van der Waals surface area contributed by atoms with Crippen LogP contribution in [0.4, 0.5) is 11.6 Å². The van der Waals surface area contributed by atoms with E-state index in [2.05, 4.69) is 102 Å². The third-order valence-electron chi connectivity index (χ3n) is 7.03. The van der Waals surface area contributed by atoms with Crippen LogP contribution >= 0.6 is 24.0 Å². The minimum atomic E-state index is 0. The molecule has 2 aromatic heterocycles. The zero-order valence-corrected chi connectivity index (χ0v) is 23.1. The van der Waals surface area contributed by atoms with Gasteiger partial charge >= 0.3 is 0 Å². The Kier molecular flexibility index (Phi) is 6.71. The molecule has 1 aliphatic rings. The van der Waals surface area contributed by atoms with Crippen molar-refractivity contribution in [1.82, 2.24) is 14.5 Å². The number of benzene rings is 3. The molecule has 5 nitrogen and oxygen atoms in total. The Morgan fingerprint density at radius 2 is 1.31 bits per heavy atom. The largest absolute Gasteiger partial charge is 0.343 e. The average Bonchev–Trinajstić information content (AvgIpc) is 3.36. The minimum absolute atomic E-state index is 0. The van der Waals surface area contributed by atoms with Gasteiger partial charge in [0.05, 0.1) is 16.7 Å². The number of halogens is 1. The summed E-state index contributed by atoms with van der Waals surface area (Å²) in [7, 11) is 2.16. The van der Waals surface area contributed by atoms with Gasteiger partial charge < -0.3 is 14.4 Å². The van der Waals surface area contributed by atoms with Crippen molar-refractivity contribution in [1.29, 1.82) is 0 Å². The summed E-state index contributed by atoms with van der Waals surface area (Å²) in [6, 6.07) is 27.4. The molecule has 5 aromatic rings. The van der Waals surface area contributed by atoms with Crippen LogP contribution in [-0.2, 0) is 7.05 Å². The lowest BCUT2D eigenvalue weighted by molar-refractivity contribution is 0.690. The van der Waals surface area contributed by atoms with Crippen LogP contribution in [0, 0.1) is 0 Å². The molecule has 0 aliphatic carbocycles. The molecule has 0 bridgehead atoms. The van der Waals surface area contributed by atoms with Gasteiger partial charge in [-0.05, 0) is 43.7 Å². The lowest BCUT2D eigenvalue weighted by Crippen LogP contribution is -2.41. The molecule has 0 N–H and O–H groups in total. The van der Waals surface area contributed by atoms with Gasteiger partial charge in [-0.25, -0.2) is 9.97 Å². The predicted octanol–water partition coefficient (Wildman–Crippen LogP) is 7.11. The maximum Gasteiger partial charge on any atom is 0.174 e. The topological polar surface area (TPSA) is 37.2 Å². The zero-order valence-electron chi connectivity index (χ0n) is 20.8. The highest BCUT2D eigenvalue weighted by atomic mass is 127. The molecule has 6 heteroatoms. The van der Waals surface area contributed by atoms with Crippen LogP contribution in [0.5, 0.6) is 0 Å². The molecule has 0 fully saturated rings. The molecule has 0 spiro atoms. The third-order valence-corrected chi connectivity index (χ3v) is 7.03. The van der Waals surface area contributed by atoms with Gasteiger partial charge in [0.1, 0.15) is 6.17 Å². The van der Waals surface area contributed by atoms with Crippen molar-refractivity contribution in [3.8, 4) is 11.3 Å². The van der Waals surface area contributed by atoms with E-state index in [9.17, 15) is 0 Å². The number of hydrogen-bond acceptors (Lipinski definition) is 4. The number of hydrogen-bond donors (Lipinski definition) is 0. The molecular weight excluding hydrogens is 557 g/mol. The molecule has 0 unspecified atom stereocenters. The second kappa shape index (κ2) is 9.93. The number of anilines is 2. The van der Waals surface area contributed by atoms with Gasteiger partial charge in [-0.3, -0.25) is 0 Å². The lowest BCUT2D eigenvalue weighted by Gasteiger charge is -2.28. The van der Waals surface area contributed by atoms with Crippen molar-refractivity contribution in [2.45, 2.75) is 20.0 Å². The van der Waals surface area contributed by atoms with Crippen molar-refractivity contribution >= 4 is 63.6 Å². The number of nitrogens with zero attached hydrogens (tertiary/aromatic N) is 5. The van der Waals surface area contributed by atoms with E-state index in [-0.39, 0.29) is 30.1 Å². The highest BCUT2D eigenvalue weighted by Gasteiger charge is 2.35. The van der Waals surface area contributed by atoms with E-state index in [4.69, 9.17) is 9.97 Å². The Hall–Kier alpha value is -3.39. The van der Waals surface area contributed by atoms with Crippen molar-refractivity contribution in [2.24, 2.45) is 7.05 Å². The molecule has 0 saturated carbocycles. The van der Waals surface area contributed by atoms with Crippen molar-refractivity contribution in [3.63, 3.8) is 0 Å². The summed E-state index contributed by atoms with van der Waals surface area (Å²) in [6.07, 6.45) is 4.67. The van der Waals surface area contributed by atoms with Crippen LogP contribution in [0.25, 0.3) is 39.3 Å². The molecule has 36 heavy (non-hydrogen) atoms. The first-order valence-corrected chi connectivity index (χ1v) is 12.3. The van der Waals surface area contributed by atoms with E-state index in [1.165, 1.54) is 27.7 Å². The average molecular weight is 588 g/mol. The fraction of sp³-hybridized carbons (Fsp3) is 0.200. The van der Waals surface area contributed by atoms with Gasteiger partial charge in [0.2, 0.25) is 0 Å². The van der Waals surface area contributed by atoms with E-state index >= 15 is 0 Å². The maximum absolute atomic E-state index is 5.01. The van der Waals surface area contributed by atoms with Gasteiger partial charge in [-0.1, -0.05) is 66.7 Å². The quantitative estimate of drug-likeness (QED) is 0.206. The number of aryl methyl sites for hydroxylation is 1. The van der Waals surface area contributed by atoms with Gasteiger partial charge in [-0.15, -0.1) is 24.0 Å². The second-order valence-electron chi connectivity index (χ2n) is 8.91. The molecule has 0 amide bonds. The number of para-hydroxylation sites is 3. The summed E-state index contributed by atoms with van der Waals surface area (Å²) in [5, 5.41) is 1.26. The molecule has 6 rings (SSSR count). The molecule has 1 aliphatic heterocycles. The highest BCUT2D eigenvalue weighted by Crippen LogP contribution is 2.39. The molecule has 0 atom stereocenters. The monoisotopic (exact) mass is 587 g/mol. The van der Waals surface area contributed by atoms with Crippen LogP contribution in [-0.4, -0.2) is 33.8 Å². The van der Waals surface area contributed by atoms with Crippen molar-refractivity contribution in [3.05, 3.63) is 90.5 Å². The smallest absolute Gasteiger partial charge is 0.174 e. The Bertz CT molecular complexity index is 1510. The Morgan fingerprint density at radius 1 is 0.750 bits per heavy atom. The fourth-order valence-corrected chi connectivity index (χ4v) is 5.39. The molecule has 3 aromatic carbocycles. The molecule has 0 saturated heterocycles. The molecule has 0 radical (unpaired) electrons. The van der Waals surface area contributed by atoms with Gasteiger partial charge in [0.15, 0.2) is 11.6 Å². The minimum Gasteiger partial charge on any atom is -0.343 e. The van der Waals surface area contributed by atoms with E-state index in [1.54, 1.807) is 0 Å². The molecular formula is C30H30IN5. The number of rotatable bonds is 5. The summed E-state index contributed by atoms with van der Waals surface area (Å²) in [6.45, 7) is 6.08. The first-order chi connectivity index (χ1) is 17.2.